The lowest BCUT2D eigenvalue weighted by Gasteiger charge is -2.36. The molecule has 0 aliphatic carbocycles. The summed E-state index contributed by atoms with van der Waals surface area (Å²) < 4.78 is 0. The minimum absolute atomic E-state index is 2.14. The number of hydrogen-bond acceptors (Lipinski definition) is 7. The van der Waals surface area contributed by atoms with E-state index in [1.807, 2.05) is 0 Å². The molecule has 102 valence electrons. The summed E-state index contributed by atoms with van der Waals surface area (Å²) in [6.45, 7) is 0. The van der Waals surface area contributed by atoms with Crippen molar-refractivity contribution in [1.29, 1.82) is 0 Å². The van der Waals surface area contributed by atoms with Crippen molar-refractivity contribution in [3.05, 3.63) is 0 Å². The molecule has 0 aliphatic rings. The standard InChI is InChI=1S/C7H10N2O9/c8-1(2(10)11)7(18,5(16)17)6(9,3(12)13)4(14)15/h1,18H,8-9H2,(H,10,11)(H,12,13)(H,14,15)(H,16,17). The van der Waals surface area contributed by atoms with Gasteiger partial charge in [-0.25, -0.2) is 14.4 Å². The van der Waals surface area contributed by atoms with Crippen LogP contribution in [0.1, 0.15) is 0 Å². The molecule has 0 spiro atoms. The van der Waals surface area contributed by atoms with Gasteiger partial charge in [-0.05, 0) is 0 Å². The zero-order chi connectivity index (χ0) is 14.9. The van der Waals surface area contributed by atoms with Gasteiger partial charge in [-0.2, -0.15) is 0 Å². The van der Waals surface area contributed by atoms with Gasteiger partial charge in [0.15, 0.2) is 0 Å². The number of carbonyl (C=O) groups is 4. The molecule has 11 heteroatoms. The summed E-state index contributed by atoms with van der Waals surface area (Å²) >= 11 is 0. The van der Waals surface area contributed by atoms with Crippen LogP contribution < -0.4 is 11.5 Å². The monoisotopic (exact) mass is 266 g/mol. The summed E-state index contributed by atoms with van der Waals surface area (Å²) in [6, 6.07) is -2.77. The molecule has 0 rings (SSSR count). The van der Waals surface area contributed by atoms with Crippen LogP contribution in [-0.4, -0.2) is 66.6 Å². The Bertz CT molecular complexity index is 405. The van der Waals surface area contributed by atoms with Crippen molar-refractivity contribution in [2.75, 3.05) is 0 Å². The van der Waals surface area contributed by atoms with E-state index < -0.39 is 41.1 Å². The molecule has 9 N–H and O–H groups in total. The smallest absolute Gasteiger partial charge is 0.341 e. The first-order chi connectivity index (χ1) is 7.93. The van der Waals surface area contributed by atoms with Gasteiger partial charge in [0, 0.05) is 0 Å². The van der Waals surface area contributed by atoms with Crippen LogP contribution in [0.25, 0.3) is 0 Å². The normalized spacial score (nSPS) is 16.4. The van der Waals surface area contributed by atoms with E-state index in [1.165, 1.54) is 0 Å². The van der Waals surface area contributed by atoms with Crippen LogP contribution in [0.3, 0.4) is 0 Å². The molecule has 0 heterocycles. The number of aliphatic carboxylic acids is 4. The summed E-state index contributed by atoms with van der Waals surface area (Å²) in [5.74, 6) is -9.56. The first kappa shape index (κ1) is 15.8. The molecule has 11 nitrogen and oxygen atoms in total. The lowest BCUT2D eigenvalue weighted by molar-refractivity contribution is -0.191. The molecule has 0 bridgehead atoms. The van der Waals surface area contributed by atoms with Gasteiger partial charge in [0.1, 0.15) is 6.04 Å². The van der Waals surface area contributed by atoms with Gasteiger partial charge >= 0.3 is 23.9 Å². The van der Waals surface area contributed by atoms with E-state index in [0.29, 0.717) is 0 Å². The van der Waals surface area contributed by atoms with Gasteiger partial charge < -0.3 is 37.0 Å². The molecule has 2 unspecified atom stereocenters. The van der Waals surface area contributed by atoms with Crippen molar-refractivity contribution in [2.24, 2.45) is 11.5 Å². The Morgan fingerprint density at radius 1 is 0.889 bits per heavy atom. The highest BCUT2D eigenvalue weighted by molar-refractivity contribution is 6.11. The average molecular weight is 266 g/mol. The van der Waals surface area contributed by atoms with Crippen LogP contribution in [0.15, 0.2) is 0 Å². The highest BCUT2D eigenvalue weighted by atomic mass is 16.4. The van der Waals surface area contributed by atoms with Crippen LogP contribution in [0.4, 0.5) is 0 Å². The third-order valence-corrected chi connectivity index (χ3v) is 2.32. The molecular weight excluding hydrogens is 256 g/mol. The Balaban J connectivity index is 6.19. The van der Waals surface area contributed by atoms with Crippen LogP contribution in [0.2, 0.25) is 0 Å². The fraction of sp³-hybridized carbons (Fsp3) is 0.429. The second kappa shape index (κ2) is 4.56. The minimum Gasteiger partial charge on any atom is -0.480 e. The molecule has 0 amide bonds. The molecule has 0 aromatic heterocycles. The predicted octanol–water partition coefficient (Wildman–Crippen LogP) is -3.92. The van der Waals surface area contributed by atoms with E-state index in [9.17, 15) is 24.3 Å². The van der Waals surface area contributed by atoms with Crippen LogP contribution in [0.5, 0.6) is 0 Å². The lowest BCUT2D eigenvalue weighted by atomic mass is 9.75. The van der Waals surface area contributed by atoms with Crippen molar-refractivity contribution in [3.8, 4) is 0 Å². The summed E-state index contributed by atoms with van der Waals surface area (Å²) in [5.41, 5.74) is 1.86. The van der Waals surface area contributed by atoms with E-state index in [-0.39, 0.29) is 0 Å². The van der Waals surface area contributed by atoms with Crippen LogP contribution in [-0.2, 0) is 19.2 Å². The highest BCUT2D eigenvalue weighted by Gasteiger charge is 2.69. The maximum absolute atomic E-state index is 10.8. The fourth-order valence-corrected chi connectivity index (χ4v) is 1.14. The molecule has 2 atom stereocenters. The zero-order valence-corrected chi connectivity index (χ0v) is 8.60. The third-order valence-electron chi connectivity index (χ3n) is 2.32. The Kier molecular flexibility index (Phi) is 3.99. The molecule has 0 aliphatic heterocycles. The largest absolute Gasteiger partial charge is 0.480 e. The summed E-state index contributed by atoms with van der Waals surface area (Å²) in [7, 11) is 0. The first-order valence-corrected chi connectivity index (χ1v) is 4.13. The molecular formula is C7H10N2O9. The Morgan fingerprint density at radius 3 is 1.39 bits per heavy atom. The van der Waals surface area contributed by atoms with Crippen molar-refractivity contribution in [3.63, 3.8) is 0 Å². The SMILES string of the molecule is NC(C(=O)O)C(O)(C(=O)O)C(N)(C(=O)O)C(=O)O. The Morgan fingerprint density at radius 2 is 1.22 bits per heavy atom. The quantitative estimate of drug-likeness (QED) is 0.230. The minimum atomic E-state index is -3.95. The summed E-state index contributed by atoms with van der Waals surface area (Å²) in [6.07, 6.45) is 0. The molecule has 0 aromatic carbocycles. The summed E-state index contributed by atoms with van der Waals surface area (Å²) in [4.78, 5) is 42.9. The average Bonchev–Trinajstić information content (AvgIpc) is 2.24. The maximum atomic E-state index is 10.8. The molecule has 0 radical (unpaired) electrons. The number of nitrogens with two attached hydrogens (primary N) is 2. The zero-order valence-electron chi connectivity index (χ0n) is 8.60. The third kappa shape index (κ3) is 1.85. The number of carboxylic acid groups (broad SMARTS) is 4. The van der Waals surface area contributed by atoms with Crippen LogP contribution in [0, 0.1) is 0 Å². The topological polar surface area (TPSA) is 221 Å². The Labute approximate surface area is 98.2 Å². The van der Waals surface area contributed by atoms with Crippen molar-refractivity contribution in [1.82, 2.24) is 0 Å². The highest BCUT2D eigenvalue weighted by Crippen LogP contribution is 2.25. The lowest BCUT2D eigenvalue weighted by Crippen LogP contribution is -2.79. The molecule has 0 fully saturated rings. The second-order valence-electron chi connectivity index (χ2n) is 3.31. The van der Waals surface area contributed by atoms with E-state index in [1.54, 1.807) is 0 Å². The van der Waals surface area contributed by atoms with Gasteiger partial charge in [-0.15, -0.1) is 0 Å². The van der Waals surface area contributed by atoms with Gasteiger partial charge in [0.25, 0.3) is 5.54 Å². The van der Waals surface area contributed by atoms with Gasteiger partial charge in [-0.1, -0.05) is 0 Å². The van der Waals surface area contributed by atoms with E-state index in [2.05, 4.69) is 0 Å². The number of carboxylic acids is 4. The molecule has 0 saturated heterocycles. The van der Waals surface area contributed by atoms with E-state index >= 15 is 0 Å². The predicted molar refractivity (Wildman–Crippen MR) is 50.4 cm³/mol. The number of hydrogen-bond donors (Lipinski definition) is 7. The van der Waals surface area contributed by atoms with Crippen LogP contribution >= 0.6 is 0 Å². The summed E-state index contributed by atoms with van der Waals surface area (Å²) in [5, 5.41) is 44.1. The number of aliphatic hydroxyl groups is 1. The molecule has 0 aromatic rings. The fourth-order valence-electron chi connectivity index (χ4n) is 1.14. The second-order valence-corrected chi connectivity index (χ2v) is 3.31. The van der Waals surface area contributed by atoms with Crippen molar-refractivity contribution >= 4 is 23.9 Å². The van der Waals surface area contributed by atoms with Crippen molar-refractivity contribution in [2.45, 2.75) is 17.2 Å². The van der Waals surface area contributed by atoms with Gasteiger partial charge in [0.05, 0.1) is 0 Å². The molecule has 0 saturated carbocycles. The van der Waals surface area contributed by atoms with E-state index in [0.717, 1.165) is 0 Å². The van der Waals surface area contributed by atoms with Crippen molar-refractivity contribution < 1.29 is 44.7 Å². The van der Waals surface area contributed by atoms with Gasteiger partial charge in [0.2, 0.25) is 5.60 Å². The number of rotatable bonds is 6. The maximum Gasteiger partial charge on any atom is 0.341 e. The van der Waals surface area contributed by atoms with Gasteiger partial charge in [-0.3, -0.25) is 4.79 Å². The first-order valence-electron chi connectivity index (χ1n) is 4.13. The van der Waals surface area contributed by atoms with E-state index in [4.69, 9.17) is 31.9 Å². The molecule has 18 heavy (non-hydrogen) atoms. The Hall–Kier alpha value is -2.24.